The summed E-state index contributed by atoms with van der Waals surface area (Å²) in [4.78, 5) is 22.3. The monoisotopic (exact) mass is 246 g/mol. The van der Waals surface area contributed by atoms with Crippen molar-refractivity contribution in [3.63, 3.8) is 0 Å². The topological polar surface area (TPSA) is 94.0 Å². The Balaban J connectivity index is 2.53. The third kappa shape index (κ3) is 3.79. The molecule has 0 aromatic heterocycles. The second-order valence-corrected chi connectivity index (χ2v) is 3.73. The Hall–Kier alpha value is -2.55. The molecule has 1 aromatic rings. The average molecular weight is 246 g/mol. The highest BCUT2D eigenvalue weighted by molar-refractivity contribution is 5.95. The van der Waals surface area contributed by atoms with Gasteiger partial charge >= 0.3 is 6.03 Å². The van der Waals surface area contributed by atoms with E-state index in [2.05, 4.69) is 10.9 Å². The Morgan fingerprint density at radius 1 is 1.28 bits per heavy atom. The minimum Gasteiger partial charge on any atom is -0.297 e. The lowest BCUT2D eigenvalue weighted by Gasteiger charge is -2.13. The zero-order valence-electron chi connectivity index (χ0n) is 10.2. The van der Waals surface area contributed by atoms with Crippen LogP contribution in [0.1, 0.15) is 17.5 Å². The molecule has 0 unspecified atom stereocenters. The number of urea groups is 1. The maximum atomic E-state index is 11.3. The van der Waals surface area contributed by atoms with E-state index in [0.717, 1.165) is 16.8 Å². The molecule has 3 N–H and O–H groups in total. The van der Waals surface area contributed by atoms with Gasteiger partial charge in [-0.1, -0.05) is 18.2 Å². The smallest absolute Gasteiger partial charge is 0.297 e. The van der Waals surface area contributed by atoms with Gasteiger partial charge in [-0.15, -0.1) is 0 Å². The van der Waals surface area contributed by atoms with Gasteiger partial charge in [0.15, 0.2) is 0 Å². The second kappa shape index (κ2) is 6.25. The number of amides is 3. The highest BCUT2D eigenvalue weighted by Gasteiger charge is 2.07. The zero-order chi connectivity index (χ0) is 13.5. The Morgan fingerprint density at radius 2 is 1.89 bits per heavy atom. The summed E-state index contributed by atoms with van der Waals surface area (Å²) in [7, 11) is 0. The molecule has 0 heterocycles. The van der Waals surface area contributed by atoms with Crippen LogP contribution in [0.3, 0.4) is 0 Å². The van der Waals surface area contributed by atoms with Gasteiger partial charge in [0.1, 0.15) is 6.42 Å². The van der Waals surface area contributed by atoms with Crippen molar-refractivity contribution < 1.29 is 9.59 Å². The first kappa shape index (κ1) is 13.5. The number of imide groups is 1. The first-order valence-electron chi connectivity index (χ1n) is 5.33. The van der Waals surface area contributed by atoms with Crippen LogP contribution in [0, 0.1) is 25.2 Å². The van der Waals surface area contributed by atoms with Crippen LogP contribution in [0.5, 0.6) is 0 Å². The van der Waals surface area contributed by atoms with Crippen LogP contribution in [0.25, 0.3) is 0 Å². The highest BCUT2D eigenvalue weighted by atomic mass is 16.2. The number of carbonyl (C=O) groups is 2. The molecule has 18 heavy (non-hydrogen) atoms. The lowest BCUT2D eigenvalue weighted by atomic mass is 10.1. The van der Waals surface area contributed by atoms with Gasteiger partial charge in [0.05, 0.1) is 11.8 Å². The summed E-state index contributed by atoms with van der Waals surface area (Å²) in [6.07, 6.45) is -0.350. The highest BCUT2D eigenvalue weighted by Crippen LogP contribution is 2.17. The Labute approximate surface area is 105 Å². The van der Waals surface area contributed by atoms with Crippen molar-refractivity contribution in [1.29, 1.82) is 5.26 Å². The molecule has 1 rings (SSSR count). The quantitative estimate of drug-likeness (QED) is 0.702. The van der Waals surface area contributed by atoms with Gasteiger partial charge in [-0.2, -0.15) is 5.26 Å². The molecule has 6 heteroatoms. The molecule has 3 amide bonds. The predicted octanol–water partition coefficient (Wildman–Crippen LogP) is 1.37. The molecule has 0 radical (unpaired) electrons. The summed E-state index contributed by atoms with van der Waals surface area (Å²) in [6, 6.07) is 6.66. The van der Waals surface area contributed by atoms with Crippen LogP contribution < -0.4 is 16.2 Å². The maximum Gasteiger partial charge on any atom is 0.340 e. The van der Waals surface area contributed by atoms with Gasteiger partial charge in [0.25, 0.3) is 0 Å². The van der Waals surface area contributed by atoms with Gasteiger partial charge < -0.3 is 0 Å². The van der Waals surface area contributed by atoms with Crippen LogP contribution in [0.4, 0.5) is 10.5 Å². The van der Waals surface area contributed by atoms with Crippen molar-refractivity contribution in [3.8, 4) is 6.07 Å². The van der Waals surface area contributed by atoms with Crippen LogP contribution in [0.2, 0.25) is 0 Å². The molecule has 0 spiro atoms. The van der Waals surface area contributed by atoms with E-state index < -0.39 is 11.9 Å². The van der Waals surface area contributed by atoms with Crippen molar-refractivity contribution in [3.05, 3.63) is 29.3 Å². The molecule has 94 valence electrons. The Kier molecular flexibility index (Phi) is 4.69. The van der Waals surface area contributed by atoms with E-state index in [4.69, 9.17) is 5.26 Å². The number of anilines is 1. The fourth-order valence-electron chi connectivity index (χ4n) is 1.40. The van der Waals surface area contributed by atoms with E-state index >= 15 is 0 Å². The lowest BCUT2D eigenvalue weighted by Crippen LogP contribution is -2.42. The summed E-state index contributed by atoms with van der Waals surface area (Å²) in [5.41, 5.74) is 7.79. The third-order valence-electron chi connectivity index (χ3n) is 2.27. The number of nitrogens with one attached hydrogen (secondary N) is 3. The molecule has 0 aliphatic heterocycles. The second-order valence-electron chi connectivity index (χ2n) is 3.73. The number of para-hydroxylation sites is 1. The van der Waals surface area contributed by atoms with Gasteiger partial charge in [-0.3, -0.25) is 21.0 Å². The number of benzene rings is 1. The molecule has 0 bridgehead atoms. The zero-order valence-corrected chi connectivity index (χ0v) is 10.2. The Morgan fingerprint density at radius 3 is 2.44 bits per heavy atom. The summed E-state index contributed by atoms with van der Waals surface area (Å²) < 4.78 is 0. The fraction of sp³-hybridized carbons (Fsp3) is 0.250. The molecule has 0 aliphatic rings. The molecule has 0 atom stereocenters. The van der Waals surface area contributed by atoms with Crippen molar-refractivity contribution in [2.24, 2.45) is 0 Å². The first-order valence-corrected chi connectivity index (χ1v) is 5.33. The number of nitriles is 1. The van der Waals surface area contributed by atoms with Crippen LogP contribution in [-0.4, -0.2) is 11.9 Å². The molecular formula is C12H14N4O2. The van der Waals surface area contributed by atoms with Crippen LogP contribution >= 0.6 is 0 Å². The summed E-state index contributed by atoms with van der Waals surface area (Å²) in [5, 5.41) is 10.3. The molecule has 6 nitrogen and oxygen atoms in total. The van der Waals surface area contributed by atoms with E-state index in [9.17, 15) is 9.59 Å². The normalized spacial score (nSPS) is 9.17. The number of hydrogen-bond acceptors (Lipinski definition) is 4. The van der Waals surface area contributed by atoms with Gasteiger partial charge in [-0.25, -0.2) is 4.79 Å². The number of nitrogens with zero attached hydrogens (tertiary/aromatic N) is 1. The molecule has 1 aromatic carbocycles. The number of aryl methyl sites for hydroxylation is 2. The van der Waals surface area contributed by atoms with Gasteiger partial charge in [0.2, 0.25) is 5.91 Å². The van der Waals surface area contributed by atoms with E-state index in [1.54, 1.807) is 6.07 Å². The van der Waals surface area contributed by atoms with Crippen molar-refractivity contribution in [1.82, 2.24) is 10.7 Å². The molecular weight excluding hydrogens is 232 g/mol. The lowest BCUT2D eigenvalue weighted by molar-refractivity contribution is -0.119. The van der Waals surface area contributed by atoms with Gasteiger partial charge in [-0.05, 0) is 25.0 Å². The fourth-order valence-corrected chi connectivity index (χ4v) is 1.40. The van der Waals surface area contributed by atoms with E-state index in [0.29, 0.717) is 0 Å². The maximum absolute atomic E-state index is 11.3. The average Bonchev–Trinajstić information content (AvgIpc) is 2.28. The first-order chi connectivity index (χ1) is 8.54. The van der Waals surface area contributed by atoms with Crippen molar-refractivity contribution in [2.45, 2.75) is 20.3 Å². The van der Waals surface area contributed by atoms with E-state index in [-0.39, 0.29) is 6.42 Å². The SMILES string of the molecule is Cc1cccc(C)c1NNC(=O)NC(=O)CC#N. The number of hydrogen-bond donors (Lipinski definition) is 3. The van der Waals surface area contributed by atoms with Crippen LogP contribution in [0.15, 0.2) is 18.2 Å². The number of hydrazine groups is 1. The molecule has 0 saturated heterocycles. The largest absolute Gasteiger partial charge is 0.340 e. The Bertz CT molecular complexity index is 485. The summed E-state index contributed by atoms with van der Waals surface area (Å²) in [6.45, 7) is 3.80. The van der Waals surface area contributed by atoms with Crippen LogP contribution in [-0.2, 0) is 4.79 Å². The molecule has 0 saturated carbocycles. The molecule has 0 aliphatic carbocycles. The number of carbonyl (C=O) groups excluding carboxylic acids is 2. The van der Waals surface area contributed by atoms with Crippen molar-refractivity contribution in [2.75, 3.05) is 5.43 Å². The minimum absolute atomic E-state index is 0.350. The van der Waals surface area contributed by atoms with E-state index in [1.165, 1.54) is 0 Å². The standard InChI is InChI=1S/C12H14N4O2/c1-8-4-3-5-9(2)11(8)15-16-12(18)14-10(17)6-7-13/h3-5,15H,6H2,1-2H3,(H2,14,16,17,18). The van der Waals surface area contributed by atoms with Gasteiger partial charge in [0, 0.05) is 0 Å². The minimum atomic E-state index is -0.696. The van der Waals surface area contributed by atoms with Crippen molar-refractivity contribution >= 4 is 17.6 Å². The summed E-state index contributed by atoms with van der Waals surface area (Å²) >= 11 is 0. The molecule has 0 fully saturated rings. The predicted molar refractivity (Wildman–Crippen MR) is 66.4 cm³/mol. The number of rotatable bonds is 3. The third-order valence-corrected chi connectivity index (χ3v) is 2.27. The van der Waals surface area contributed by atoms with E-state index in [1.807, 2.05) is 37.4 Å². The summed E-state index contributed by atoms with van der Waals surface area (Å²) in [5.74, 6) is -0.640.